The van der Waals surface area contributed by atoms with Crippen molar-refractivity contribution in [1.82, 2.24) is 49.4 Å². The van der Waals surface area contributed by atoms with Crippen molar-refractivity contribution in [1.29, 1.82) is 0 Å². The molecule has 13 nitrogen and oxygen atoms in total. The van der Waals surface area contributed by atoms with Gasteiger partial charge in [0.05, 0.1) is 29.3 Å². The fourth-order valence-electron chi connectivity index (χ4n) is 13.5. The summed E-state index contributed by atoms with van der Waals surface area (Å²) in [5.41, 5.74) is 17.3. The molecule has 2 saturated carbocycles. The Bertz CT molecular complexity index is 3460. The molecule has 4 fully saturated rings. The predicted octanol–water partition coefficient (Wildman–Crippen LogP) is 10.6. The van der Waals surface area contributed by atoms with Gasteiger partial charge in [-0.15, -0.1) is 22.7 Å². The molecule has 2 saturated heterocycles. The Balaban J connectivity index is 0.908. The number of pyridine rings is 2. The first-order chi connectivity index (χ1) is 33.5. The minimum Gasteiger partial charge on any atom is -0.372 e. The lowest BCUT2D eigenvalue weighted by Crippen LogP contribution is -2.51. The number of nitrogens with one attached hydrogen (secondary N) is 3. The highest BCUT2D eigenvalue weighted by Gasteiger charge is 2.59. The number of piperidine rings is 1. The van der Waals surface area contributed by atoms with E-state index < -0.39 is 9.84 Å². The maximum atomic E-state index is 12.0. The maximum Gasteiger partial charge on any atom is 0.158 e. The van der Waals surface area contributed by atoms with Crippen molar-refractivity contribution in [2.45, 2.75) is 136 Å². The van der Waals surface area contributed by atoms with Gasteiger partial charge in [0.15, 0.2) is 11.3 Å². The summed E-state index contributed by atoms with van der Waals surface area (Å²) < 4.78 is 34.3. The second-order valence-corrected chi connectivity index (χ2v) is 26.5. The molecule has 2 aliphatic carbocycles. The second kappa shape index (κ2) is 17.1. The van der Waals surface area contributed by atoms with Gasteiger partial charge in [0, 0.05) is 81.9 Å². The first kappa shape index (κ1) is 46.6. The van der Waals surface area contributed by atoms with Crippen molar-refractivity contribution in [3.8, 4) is 22.5 Å². The van der Waals surface area contributed by atoms with Crippen molar-refractivity contribution in [2.24, 2.45) is 5.92 Å². The Hall–Kier alpha value is -4.45. The van der Waals surface area contributed by atoms with Crippen LogP contribution in [0, 0.1) is 40.5 Å². The Morgan fingerprint density at radius 1 is 0.829 bits per heavy atom. The summed E-state index contributed by atoms with van der Waals surface area (Å²) in [4.78, 5) is 25.5. The first-order valence-corrected chi connectivity index (χ1v) is 29.4. The van der Waals surface area contributed by atoms with Gasteiger partial charge in [-0.05, 0) is 161 Å². The normalized spacial score (nSPS) is 23.8. The van der Waals surface area contributed by atoms with Crippen molar-refractivity contribution < 1.29 is 13.2 Å². The van der Waals surface area contributed by atoms with E-state index in [1.807, 2.05) is 31.7 Å². The number of likely N-dealkylation sites (tertiary alicyclic amines) is 1. The molecule has 0 amide bonds. The van der Waals surface area contributed by atoms with E-state index in [0.29, 0.717) is 18.4 Å². The molecular formula is C54H68N10O3S3. The van der Waals surface area contributed by atoms with E-state index in [0.717, 1.165) is 94.6 Å². The highest BCUT2D eigenvalue weighted by Crippen LogP contribution is 2.63. The van der Waals surface area contributed by atoms with Crippen LogP contribution in [0.3, 0.4) is 0 Å². The molecule has 0 radical (unpaired) electrons. The van der Waals surface area contributed by atoms with E-state index in [2.05, 4.69) is 98.1 Å². The molecule has 4 aliphatic rings. The molecule has 70 heavy (non-hydrogen) atoms. The standard InChI is InChI=1S/C54H68N10O3S3/c1-29(2)41-44-35(8)48(54-16-18-62(23-37(54)22-54)19-21-70(9,65)66)69-52(44)61-46(41)40-25-64-50(57-28-59-64)33(6)38(40)11-10-30(3)42-43-34(7)47(36-12-14-53(15-13-36)26-55-17-20-67-53)68-51(43)60-45(42)39-24-63-49(56-27-58-63)32(5)31(39)4/h24-25,27-30,36-37,55,60-61H,10-23,26H2,1-9H3. The molecule has 0 bridgehead atoms. The molecule has 10 heterocycles. The van der Waals surface area contributed by atoms with Crippen LogP contribution in [-0.4, -0.2) is 109 Å². The van der Waals surface area contributed by atoms with Crippen LogP contribution < -0.4 is 5.32 Å². The van der Waals surface area contributed by atoms with Crippen LogP contribution in [-0.2, 0) is 26.4 Å². The lowest BCUT2D eigenvalue weighted by atomic mass is 9.76. The van der Waals surface area contributed by atoms with Crippen LogP contribution in [0.2, 0.25) is 0 Å². The third kappa shape index (κ3) is 7.54. The van der Waals surface area contributed by atoms with E-state index in [-0.39, 0.29) is 28.6 Å². The van der Waals surface area contributed by atoms with Gasteiger partial charge in [-0.3, -0.25) is 0 Å². The summed E-state index contributed by atoms with van der Waals surface area (Å²) in [7, 11) is -2.98. The number of fused-ring (bicyclic) bond motifs is 5. The molecule has 370 valence electrons. The molecule has 16 heteroatoms. The fourth-order valence-corrected chi connectivity index (χ4v) is 17.0. The van der Waals surface area contributed by atoms with Crippen LogP contribution in [0.15, 0.2) is 25.0 Å². The number of nitrogens with zero attached hydrogens (tertiary/aromatic N) is 7. The predicted molar refractivity (Wildman–Crippen MR) is 284 cm³/mol. The maximum absolute atomic E-state index is 12.0. The van der Waals surface area contributed by atoms with Crippen molar-refractivity contribution >= 4 is 64.2 Å². The zero-order chi connectivity index (χ0) is 48.6. The first-order valence-electron chi connectivity index (χ1n) is 25.7. The molecule has 3 N–H and O–H groups in total. The molecule has 0 aromatic carbocycles. The summed E-state index contributed by atoms with van der Waals surface area (Å²) in [5.74, 6) is 1.85. The monoisotopic (exact) mass is 1000 g/mol. The SMILES string of the molecule is Cc1c(-c2[nH]c3sc(C4CCC5(CC4)CNCCO5)c(C)c3c2C(C)CCc2c(-c3[nH]c4sc(C56CCN(CCS(C)(=O)=O)CC5C6)c(C)c4c3C(C)C)cn3ncnc3c2C)cn2ncnc2c1C. The Labute approximate surface area is 419 Å². The molecule has 3 atom stereocenters. The van der Waals surface area contributed by atoms with E-state index in [4.69, 9.17) is 14.8 Å². The van der Waals surface area contributed by atoms with Crippen LogP contribution in [0.4, 0.5) is 0 Å². The molecule has 8 aromatic rings. The number of morpholine rings is 1. The quantitative estimate of drug-likeness (QED) is 0.109. The number of ether oxygens (including phenoxy) is 1. The topological polar surface area (TPSA) is 151 Å². The molecular weight excluding hydrogens is 933 g/mol. The number of thiophene rings is 2. The minimum absolute atomic E-state index is 0.00771. The molecule has 8 aromatic heterocycles. The smallest absolute Gasteiger partial charge is 0.158 e. The number of rotatable bonds is 12. The van der Waals surface area contributed by atoms with E-state index in [1.165, 1.54) is 104 Å². The highest BCUT2D eigenvalue weighted by molar-refractivity contribution is 7.90. The molecule has 3 unspecified atom stereocenters. The van der Waals surface area contributed by atoms with Crippen molar-refractivity contribution in [3.63, 3.8) is 0 Å². The largest absolute Gasteiger partial charge is 0.372 e. The van der Waals surface area contributed by atoms with Crippen LogP contribution in [0.5, 0.6) is 0 Å². The van der Waals surface area contributed by atoms with Crippen LogP contribution in [0.25, 0.3) is 54.2 Å². The van der Waals surface area contributed by atoms with Crippen LogP contribution in [0.1, 0.15) is 138 Å². The fraction of sp³-hybridized carbons (Fsp3) is 0.556. The summed E-state index contributed by atoms with van der Waals surface area (Å²) in [6.45, 7) is 23.8. The van der Waals surface area contributed by atoms with Gasteiger partial charge < -0.3 is 24.9 Å². The van der Waals surface area contributed by atoms with Gasteiger partial charge in [0.25, 0.3) is 0 Å². The number of aromatic amines is 2. The van der Waals surface area contributed by atoms with E-state index in [9.17, 15) is 8.42 Å². The number of hydrogen-bond acceptors (Lipinski definition) is 11. The van der Waals surface area contributed by atoms with Gasteiger partial charge in [-0.2, -0.15) is 10.2 Å². The number of H-pyrrole nitrogens is 2. The molecule has 1 spiro atoms. The third-order valence-electron chi connectivity index (χ3n) is 17.6. The second-order valence-electron chi connectivity index (χ2n) is 22.2. The zero-order valence-corrected chi connectivity index (χ0v) is 44.8. The van der Waals surface area contributed by atoms with Crippen molar-refractivity contribution in [2.75, 3.05) is 51.3 Å². The summed E-state index contributed by atoms with van der Waals surface area (Å²) in [6.07, 6.45) is 17.7. The average Bonchev–Trinajstić information content (AvgIpc) is 4.03. The van der Waals surface area contributed by atoms with Crippen molar-refractivity contribution in [3.05, 3.63) is 79.3 Å². The van der Waals surface area contributed by atoms with Gasteiger partial charge in [0.2, 0.25) is 0 Å². The number of sulfone groups is 1. The lowest BCUT2D eigenvalue weighted by molar-refractivity contribution is -0.0900. The van der Waals surface area contributed by atoms with Gasteiger partial charge >= 0.3 is 0 Å². The third-order valence-corrected chi connectivity index (χ3v) is 21.3. The Kier molecular flexibility index (Phi) is 11.4. The zero-order valence-electron chi connectivity index (χ0n) is 42.3. The van der Waals surface area contributed by atoms with E-state index in [1.54, 1.807) is 12.7 Å². The van der Waals surface area contributed by atoms with E-state index >= 15 is 0 Å². The Morgan fingerprint density at radius 2 is 1.50 bits per heavy atom. The minimum atomic E-state index is -2.98. The highest BCUT2D eigenvalue weighted by atomic mass is 32.2. The number of aromatic nitrogens is 8. The van der Waals surface area contributed by atoms with Gasteiger partial charge in [-0.1, -0.05) is 20.8 Å². The molecule has 2 aliphatic heterocycles. The Morgan fingerprint density at radius 3 is 2.17 bits per heavy atom. The lowest BCUT2D eigenvalue weighted by Gasteiger charge is -2.42. The molecule has 12 rings (SSSR count). The van der Waals surface area contributed by atoms with Gasteiger partial charge in [-0.25, -0.2) is 27.4 Å². The summed E-state index contributed by atoms with van der Waals surface area (Å²) in [6, 6.07) is 0. The van der Waals surface area contributed by atoms with Crippen LogP contribution >= 0.6 is 22.7 Å². The number of aryl methyl sites for hydroxylation is 4. The summed E-state index contributed by atoms with van der Waals surface area (Å²) >= 11 is 3.95. The van der Waals surface area contributed by atoms with Gasteiger partial charge in [0.1, 0.15) is 32.2 Å². The summed E-state index contributed by atoms with van der Waals surface area (Å²) in [5, 5.41) is 15.7. The number of hydrogen-bond donors (Lipinski definition) is 3. The average molecular weight is 1000 g/mol.